The standard InChI is InChI=1S/C24H28N4O2S/c1-17-11-15-20(16-12-17)26-23(30)24-28-27-22(31-24)10-6-9-21(29)25-18(2)13-14-19-7-4-3-5-8-19/h3-5,7-8,11-12,15-16,18H,6,9-10,13-14H2,1-2H3,(H,25,29)(H,26,30)/t18-/m1/s1. The van der Waals surface area contributed by atoms with Gasteiger partial charge >= 0.3 is 0 Å². The SMILES string of the molecule is Cc1ccc(NC(=O)c2nnc(CCCC(=O)N[C@H](C)CCc3ccccc3)s2)cc1. The van der Waals surface area contributed by atoms with E-state index in [1.54, 1.807) is 0 Å². The smallest absolute Gasteiger partial charge is 0.286 e. The number of carbonyl (C=O) groups excluding carboxylic acids is 2. The Hall–Kier alpha value is -3.06. The molecular formula is C24H28N4O2S. The van der Waals surface area contributed by atoms with E-state index in [-0.39, 0.29) is 17.9 Å². The lowest BCUT2D eigenvalue weighted by Gasteiger charge is -2.13. The summed E-state index contributed by atoms with van der Waals surface area (Å²) in [6.07, 6.45) is 3.58. The first-order valence-electron chi connectivity index (χ1n) is 10.5. The van der Waals surface area contributed by atoms with Crippen molar-refractivity contribution in [2.75, 3.05) is 5.32 Å². The summed E-state index contributed by atoms with van der Waals surface area (Å²) in [5.74, 6) is -0.222. The first kappa shape index (κ1) is 22.6. The van der Waals surface area contributed by atoms with Crippen molar-refractivity contribution in [1.82, 2.24) is 15.5 Å². The third-order valence-electron chi connectivity index (χ3n) is 4.88. The lowest BCUT2D eigenvalue weighted by molar-refractivity contribution is -0.121. The molecule has 31 heavy (non-hydrogen) atoms. The molecule has 0 saturated carbocycles. The van der Waals surface area contributed by atoms with Crippen LogP contribution in [0.15, 0.2) is 54.6 Å². The Morgan fingerprint density at radius 1 is 1.00 bits per heavy atom. The molecule has 0 fully saturated rings. The minimum atomic E-state index is -0.266. The molecule has 3 rings (SSSR count). The number of carbonyl (C=O) groups is 2. The summed E-state index contributed by atoms with van der Waals surface area (Å²) >= 11 is 1.27. The maximum Gasteiger partial charge on any atom is 0.286 e. The zero-order valence-electron chi connectivity index (χ0n) is 17.9. The number of hydrogen-bond donors (Lipinski definition) is 2. The number of aryl methyl sites for hydroxylation is 3. The van der Waals surface area contributed by atoms with E-state index in [1.807, 2.05) is 56.3 Å². The Morgan fingerprint density at radius 2 is 1.74 bits per heavy atom. The molecule has 3 aromatic rings. The molecule has 7 heteroatoms. The van der Waals surface area contributed by atoms with Gasteiger partial charge in [0.1, 0.15) is 5.01 Å². The van der Waals surface area contributed by atoms with Gasteiger partial charge in [0.25, 0.3) is 5.91 Å². The predicted octanol–water partition coefficient (Wildman–Crippen LogP) is 4.56. The van der Waals surface area contributed by atoms with Crippen molar-refractivity contribution in [1.29, 1.82) is 0 Å². The quantitative estimate of drug-likeness (QED) is 0.488. The summed E-state index contributed by atoms with van der Waals surface area (Å²) in [5, 5.41) is 15.0. The number of benzene rings is 2. The lowest BCUT2D eigenvalue weighted by atomic mass is 10.1. The van der Waals surface area contributed by atoms with E-state index >= 15 is 0 Å². The number of nitrogens with one attached hydrogen (secondary N) is 2. The Morgan fingerprint density at radius 3 is 2.48 bits per heavy atom. The monoisotopic (exact) mass is 436 g/mol. The third-order valence-corrected chi connectivity index (χ3v) is 5.86. The average Bonchev–Trinajstić information content (AvgIpc) is 3.24. The van der Waals surface area contributed by atoms with Gasteiger partial charge in [0, 0.05) is 24.6 Å². The molecule has 1 aromatic heterocycles. The third kappa shape index (κ3) is 7.61. The van der Waals surface area contributed by atoms with Crippen LogP contribution in [0, 0.1) is 6.92 Å². The molecule has 162 valence electrons. The van der Waals surface area contributed by atoms with E-state index in [9.17, 15) is 9.59 Å². The summed E-state index contributed by atoms with van der Waals surface area (Å²) < 4.78 is 0. The van der Waals surface area contributed by atoms with Gasteiger partial charge in [-0.25, -0.2) is 0 Å². The van der Waals surface area contributed by atoms with Crippen molar-refractivity contribution < 1.29 is 9.59 Å². The van der Waals surface area contributed by atoms with Gasteiger partial charge in [-0.2, -0.15) is 0 Å². The molecule has 0 aliphatic heterocycles. The van der Waals surface area contributed by atoms with Gasteiger partial charge in [-0.1, -0.05) is 59.4 Å². The Bertz CT molecular complexity index is 986. The van der Waals surface area contributed by atoms with E-state index in [0.29, 0.717) is 24.3 Å². The van der Waals surface area contributed by atoms with Gasteiger partial charge in [0.05, 0.1) is 0 Å². The highest BCUT2D eigenvalue weighted by atomic mass is 32.1. The Kier molecular flexibility index (Phi) is 8.29. The van der Waals surface area contributed by atoms with Crippen LogP contribution in [0.4, 0.5) is 5.69 Å². The van der Waals surface area contributed by atoms with Crippen LogP contribution >= 0.6 is 11.3 Å². The van der Waals surface area contributed by atoms with Crippen molar-refractivity contribution in [2.45, 2.75) is 52.0 Å². The van der Waals surface area contributed by atoms with Crippen molar-refractivity contribution in [3.63, 3.8) is 0 Å². The van der Waals surface area contributed by atoms with Crippen LogP contribution in [0.3, 0.4) is 0 Å². The highest BCUT2D eigenvalue weighted by Crippen LogP contribution is 2.16. The molecular weight excluding hydrogens is 408 g/mol. The lowest BCUT2D eigenvalue weighted by Crippen LogP contribution is -2.32. The highest BCUT2D eigenvalue weighted by molar-refractivity contribution is 7.13. The van der Waals surface area contributed by atoms with Crippen LogP contribution in [-0.4, -0.2) is 28.1 Å². The van der Waals surface area contributed by atoms with Crippen LogP contribution in [-0.2, 0) is 17.6 Å². The molecule has 0 aliphatic rings. The maximum atomic E-state index is 12.3. The van der Waals surface area contributed by atoms with Gasteiger partial charge in [0.2, 0.25) is 10.9 Å². The summed E-state index contributed by atoms with van der Waals surface area (Å²) in [6.45, 7) is 4.03. The molecule has 0 spiro atoms. The number of rotatable bonds is 10. The molecule has 0 radical (unpaired) electrons. The summed E-state index contributed by atoms with van der Waals surface area (Å²) in [5.41, 5.74) is 3.14. The number of nitrogens with zero attached hydrogens (tertiary/aromatic N) is 2. The molecule has 0 saturated heterocycles. The fourth-order valence-electron chi connectivity index (χ4n) is 3.12. The number of hydrogen-bond acceptors (Lipinski definition) is 5. The summed E-state index contributed by atoms with van der Waals surface area (Å²) in [6, 6.07) is 18.0. The van der Waals surface area contributed by atoms with Gasteiger partial charge in [-0.15, -0.1) is 10.2 Å². The Labute approximate surface area is 187 Å². The van der Waals surface area contributed by atoms with Crippen LogP contribution in [0.2, 0.25) is 0 Å². The molecule has 2 N–H and O–H groups in total. The van der Waals surface area contributed by atoms with E-state index in [4.69, 9.17) is 0 Å². The molecule has 6 nitrogen and oxygen atoms in total. The fraction of sp³-hybridized carbons (Fsp3) is 0.333. The van der Waals surface area contributed by atoms with Crippen LogP contribution in [0.25, 0.3) is 0 Å². The first-order chi connectivity index (χ1) is 15.0. The normalized spacial score (nSPS) is 11.7. The van der Waals surface area contributed by atoms with Gasteiger partial charge in [-0.05, 0) is 50.8 Å². The second-order valence-corrected chi connectivity index (χ2v) is 8.73. The molecule has 0 bridgehead atoms. The second kappa shape index (κ2) is 11.4. The van der Waals surface area contributed by atoms with Crippen LogP contribution < -0.4 is 10.6 Å². The fourth-order valence-corrected chi connectivity index (χ4v) is 3.89. The summed E-state index contributed by atoms with van der Waals surface area (Å²) in [7, 11) is 0. The minimum Gasteiger partial charge on any atom is -0.354 e. The van der Waals surface area contributed by atoms with Crippen LogP contribution in [0.5, 0.6) is 0 Å². The first-order valence-corrected chi connectivity index (χ1v) is 11.3. The molecule has 2 amide bonds. The van der Waals surface area contributed by atoms with E-state index in [0.717, 1.165) is 29.1 Å². The zero-order valence-corrected chi connectivity index (χ0v) is 18.7. The second-order valence-electron chi connectivity index (χ2n) is 7.67. The topological polar surface area (TPSA) is 84.0 Å². The average molecular weight is 437 g/mol. The van der Waals surface area contributed by atoms with E-state index < -0.39 is 0 Å². The molecule has 1 heterocycles. The largest absolute Gasteiger partial charge is 0.354 e. The van der Waals surface area contributed by atoms with E-state index in [2.05, 4.69) is 33.0 Å². The minimum absolute atomic E-state index is 0.0439. The van der Waals surface area contributed by atoms with Crippen molar-refractivity contribution in [3.05, 3.63) is 75.7 Å². The van der Waals surface area contributed by atoms with Gasteiger partial charge in [0.15, 0.2) is 0 Å². The number of aromatic nitrogens is 2. The number of amides is 2. The zero-order chi connectivity index (χ0) is 22.1. The molecule has 0 aliphatic carbocycles. The van der Waals surface area contributed by atoms with Gasteiger partial charge in [-0.3, -0.25) is 9.59 Å². The summed E-state index contributed by atoms with van der Waals surface area (Å²) in [4.78, 5) is 24.5. The highest BCUT2D eigenvalue weighted by Gasteiger charge is 2.14. The predicted molar refractivity (Wildman–Crippen MR) is 124 cm³/mol. The maximum absolute atomic E-state index is 12.3. The Balaban J connectivity index is 1.36. The van der Waals surface area contributed by atoms with Gasteiger partial charge < -0.3 is 10.6 Å². The van der Waals surface area contributed by atoms with E-state index in [1.165, 1.54) is 16.9 Å². The van der Waals surface area contributed by atoms with Crippen molar-refractivity contribution in [3.8, 4) is 0 Å². The molecule has 2 aromatic carbocycles. The molecule has 0 unspecified atom stereocenters. The number of anilines is 1. The molecule has 1 atom stereocenters. The van der Waals surface area contributed by atoms with Crippen LogP contribution in [0.1, 0.15) is 52.1 Å². The van der Waals surface area contributed by atoms with Crippen molar-refractivity contribution in [2.24, 2.45) is 0 Å². The van der Waals surface area contributed by atoms with Crippen molar-refractivity contribution >= 4 is 28.8 Å².